The number of hydrogen-bond acceptors (Lipinski definition) is 5. The molecule has 20 heavy (non-hydrogen) atoms. The Hall–Kier alpha value is -2.03. The summed E-state index contributed by atoms with van der Waals surface area (Å²) in [4.78, 5) is 3.97. The highest BCUT2D eigenvalue weighted by Crippen LogP contribution is 2.28. The number of halogens is 3. The third-order valence-corrected chi connectivity index (χ3v) is 3.32. The number of fused-ring (bicyclic) bond motifs is 1. The summed E-state index contributed by atoms with van der Waals surface area (Å²) in [5, 5.41) is 0.600. The molecule has 2 rings (SSSR count). The molecule has 0 saturated heterocycles. The summed E-state index contributed by atoms with van der Waals surface area (Å²) in [5.41, 5.74) is -5.23. The third-order valence-electron chi connectivity index (χ3n) is 2.34. The van der Waals surface area contributed by atoms with Gasteiger partial charge in [-0.05, 0) is 18.2 Å². The van der Waals surface area contributed by atoms with Crippen LogP contribution in [0, 0.1) is 0 Å². The highest BCUT2D eigenvalue weighted by Gasteiger charge is 2.48. The van der Waals surface area contributed by atoms with Crippen LogP contribution in [0.5, 0.6) is 11.6 Å². The molecular weight excluding hydrogens is 299 g/mol. The Balaban J connectivity index is 2.42. The fraction of sp³-hybridized carbons (Fsp3) is 0.182. The highest BCUT2D eigenvalue weighted by atomic mass is 32.2. The predicted octanol–water partition coefficient (Wildman–Crippen LogP) is 2.47. The zero-order valence-corrected chi connectivity index (χ0v) is 10.8. The van der Waals surface area contributed by atoms with Crippen LogP contribution in [-0.4, -0.2) is 26.0 Å². The Morgan fingerprint density at radius 1 is 1.15 bits per heavy atom. The summed E-state index contributed by atoms with van der Waals surface area (Å²) in [7, 11) is -4.32. The molecule has 1 heterocycles. The molecule has 108 valence electrons. The fourth-order valence-electron chi connectivity index (χ4n) is 1.42. The largest absolute Gasteiger partial charge is 0.534 e. The molecule has 0 amide bonds. The fourth-order valence-corrected chi connectivity index (χ4v) is 1.87. The summed E-state index contributed by atoms with van der Waals surface area (Å²) in [6, 6.07) is 6.78. The molecular formula is C11H8F3NO4S. The van der Waals surface area contributed by atoms with Crippen molar-refractivity contribution in [2.75, 3.05) is 7.11 Å². The maximum Gasteiger partial charge on any atom is 0.534 e. The lowest BCUT2D eigenvalue weighted by Gasteiger charge is -2.10. The number of alkyl halides is 3. The van der Waals surface area contributed by atoms with E-state index in [1.165, 1.54) is 13.2 Å². The van der Waals surface area contributed by atoms with Crippen LogP contribution in [0.3, 0.4) is 0 Å². The zero-order valence-electron chi connectivity index (χ0n) is 10.0. The normalized spacial score (nSPS) is 12.4. The lowest BCUT2D eigenvalue weighted by Crippen LogP contribution is -2.28. The van der Waals surface area contributed by atoms with Crippen molar-refractivity contribution in [2.45, 2.75) is 5.51 Å². The van der Waals surface area contributed by atoms with Crippen LogP contribution in [0.15, 0.2) is 30.3 Å². The van der Waals surface area contributed by atoms with E-state index in [9.17, 15) is 21.6 Å². The molecule has 0 bridgehead atoms. The summed E-state index contributed by atoms with van der Waals surface area (Å²) in [5.74, 6) is -0.232. The first-order valence-corrected chi connectivity index (χ1v) is 6.59. The number of methoxy groups -OCH3 is 1. The first-order valence-electron chi connectivity index (χ1n) is 5.18. The van der Waals surface area contributed by atoms with E-state index in [1.54, 1.807) is 12.1 Å². The molecule has 0 atom stereocenters. The molecule has 1 aromatic carbocycles. The van der Waals surface area contributed by atoms with Gasteiger partial charge in [0, 0.05) is 17.5 Å². The second-order valence-corrected chi connectivity index (χ2v) is 5.23. The monoisotopic (exact) mass is 307 g/mol. The summed E-state index contributed by atoms with van der Waals surface area (Å²) in [6.07, 6.45) is 0. The Morgan fingerprint density at radius 3 is 2.40 bits per heavy atom. The molecule has 0 spiro atoms. The molecule has 0 N–H and O–H groups in total. The van der Waals surface area contributed by atoms with Crippen molar-refractivity contribution in [2.24, 2.45) is 0 Å². The number of benzene rings is 1. The van der Waals surface area contributed by atoms with Crippen LogP contribution in [0.1, 0.15) is 0 Å². The van der Waals surface area contributed by atoms with E-state index in [2.05, 4.69) is 9.17 Å². The van der Waals surface area contributed by atoms with E-state index in [-0.39, 0.29) is 11.4 Å². The molecule has 0 aliphatic rings. The van der Waals surface area contributed by atoms with Gasteiger partial charge < -0.3 is 8.92 Å². The van der Waals surface area contributed by atoms with Crippen molar-refractivity contribution in [1.82, 2.24) is 4.98 Å². The zero-order chi connectivity index (χ0) is 15.0. The van der Waals surface area contributed by atoms with Crippen molar-refractivity contribution in [3.05, 3.63) is 30.3 Å². The Bertz CT molecular complexity index is 743. The minimum absolute atomic E-state index is 0.244. The van der Waals surface area contributed by atoms with E-state index in [0.717, 1.165) is 12.1 Å². The van der Waals surface area contributed by atoms with Gasteiger partial charge in [0.1, 0.15) is 5.75 Å². The highest BCUT2D eigenvalue weighted by molar-refractivity contribution is 7.88. The van der Waals surface area contributed by atoms with E-state index >= 15 is 0 Å². The minimum Gasteiger partial charge on any atom is -0.481 e. The van der Waals surface area contributed by atoms with Crippen molar-refractivity contribution >= 4 is 21.0 Å². The molecule has 0 unspecified atom stereocenters. The summed E-state index contributed by atoms with van der Waals surface area (Å²) < 4.78 is 67.3. The standard InChI is InChI=1S/C11H8F3NO4S/c1-18-10-5-3-7-2-4-8(6-9(7)15-10)19-20(16,17)11(12,13)14/h2-6H,1H3. The van der Waals surface area contributed by atoms with Gasteiger partial charge in [0.2, 0.25) is 5.88 Å². The summed E-state index contributed by atoms with van der Waals surface area (Å²) in [6.45, 7) is 0. The van der Waals surface area contributed by atoms with Gasteiger partial charge in [0.25, 0.3) is 0 Å². The lowest BCUT2D eigenvalue weighted by atomic mass is 10.2. The van der Waals surface area contributed by atoms with Crippen LogP contribution in [-0.2, 0) is 10.1 Å². The van der Waals surface area contributed by atoms with Crippen molar-refractivity contribution in [3.8, 4) is 11.6 Å². The predicted molar refractivity (Wildman–Crippen MR) is 63.9 cm³/mol. The number of rotatable bonds is 3. The number of aromatic nitrogens is 1. The SMILES string of the molecule is COc1ccc2ccc(OS(=O)(=O)C(F)(F)F)cc2n1. The van der Waals surface area contributed by atoms with Gasteiger partial charge in [-0.15, -0.1) is 0 Å². The maximum absolute atomic E-state index is 12.2. The van der Waals surface area contributed by atoms with E-state index in [0.29, 0.717) is 5.39 Å². The quantitative estimate of drug-likeness (QED) is 0.644. The number of nitrogens with zero attached hydrogens (tertiary/aromatic N) is 1. The first kappa shape index (κ1) is 14.4. The molecule has 0 radical (unpaired) electrons. The number of pyridine rings is 1. The molecule has 2 aromatic rings. The Labute approximate surface area is 112 Å². The van der Waals surface area contributed by atoms with Crippen LogP contribution < -0.4 is 8.92 Å². The van der Waals surface area contributed by atoms with E-state index in [4.69, 9.17) is 4.74 Å². The van der Waals surface area contributed by atoms with Crippen molar-refractivity contribution < 1.29 is 30.5 Å². The van der Waals surface area contributed by atoms with Crippen molar-refractivity contribution in [3.63, 3.8) is 0 Å². The van der Waals surface area contributed by atoms with Crippen LogP contribution in [0.4, 0.5) is 13.2 Å². The van der Waals surface area contributed by atoms with Gasteiger partial charge in [-0.2, -0.15) is 21.6 Å². The second kappa shape index (κ2) is 4.82. The Morgan fingerprint density at radius 2 is 1.80 bits per heavy atom. The third kappa shape index (κ3) is 2.77. The first-order chi connectivity index (χ1) is 9.23. The van der Waals surface area contributed by atoms with Gasteiger partial charge in [-0.1, -0.05) is 0 Å². The van der Waals surface area contributed by atoms with Crippen molar-refractivity contribution in [1.29, 1.82) is 0 Å². The number of hydrogen-bond donors (Lipinski definition) is 0. The minimum atomic E-state index is -5.69. The average Bonchev–Trinajstić information content (AvgIpc) is 2.36. The van der Waals surface area contributed by atoms with Gasteiger partial charge in [0.15, 0.2) is 0 Å². The average molecular weight is 307 g/mol. The van der Waals surface area contributed by atoms with Crippen LogP contribution >= 0.6 is 0 Å². The van der Waals surface area contributed by atoms with Gasteiger partial charge in [-0.25, -0.2) is 4.98 Å². The topological polar surface area (TPSA) is 65.5 Å². The lowest BCUT2D eigenvalue weighted by molar-refractivity contribution is -0.0500. The van der Waals surface area contributed by atoms with Gasteiger partial charge in [0.05, 0.1) is 12.6 Å². The smallest absolute Gasteiger partial charge is 0.481 e. The molecule has 0 aliphatic heterocycles. The molecule has 0 fully saturated rings. The second-order valence-electron chi connectivity index (χ2n) is 3.69. The van der Waals surface area contributed by atoms with E-state index < -0.39 is 21.4 Å². The van der Waals surface area contributed by atoms with Gasteiger partial charge in [-0.3, -0.25) is 0 Å². The Kier molecular flexibility index (Phi) is 3.46. The van der Waals surface area contributed by atoms with Crippen LogP contribution in [0.2, 0.25) is 0 Å². The number of ether oxygens (including phenoxy) is 1. The van der Waals surface area contributed by atoms with E-state index in [1.807, 2.05) is 0 Å². The molecule has 0 aliphatic carbocycles. The molecule has 1 aromatic heterocycles. The molecule has 5 nitrogen and oxygen atoms in total. The van der Waals surface area contributed by atoms with Gasteiger partial charge >= 0.3 is 15.6 Å². The van der Waals surface area contributed by atoms with Crippen LogP contribution in [0.25, 0.3) is 10.9 Å². The molecule has 0 saturated carbocycles. The summed E-state index contributed by atoms with van der Waals surface area (Å²) >= 11 is 0. The molecule has 9 heteroatoms. The maximum atomic E-state index is 12.2.